The van der Waals surface area contributed by atoms with Crippen LogP contribution < -0.4 is 10.1 Å². The summed E-state index contributed by atoms with van der Waals surface area (Å²) in [6.45, 7) is 2.68. The summed E-state index contributed by atoms with van der Waals surface area (Å²) in [6, 6.07) is 7.08. The first-order valence-electron chi connectivity index (χ1n) is 10.6. The van der Waals surface area contributed by atoms with E-state index >= 15 is 0 Å². The number of para-hydroxylation sites is 1. The van der Waals surface area contributed by atoms with Crippen LogP contribution in [0, 0.1) is 0 Å². The van der Waals surface area contributed by atoms with Crippen molar-refractivity contribution >= 4 is 41.5 Å². The number of nitrogens with zero attached hydrogens (tertiary/aromatic N) is 1. The summed E-state index contributed by atoms with van der Waals surface area (Å²) in [5, 5.41) is 10.8. The average Bonchev–Trinajstić information content (AvgIpc) is 3.04. The highest BCUT2D eigenvalue weighted by Gasteiger charge is 2.64. The van der Waals surface area contributed by atoms with Crippen LogP contribution in [0.2, 0.25) is 0 Å². The number of β-lactam (4-membered cyclic amide) rings is 1. The van der Waals surface area contributed by atoms with Gasteiger partial charge in [0, 0.05) is 17.6 Å². The van der Waals surface area contributed by atoms with Crippen molar-refractivity contribution in [2.45, 2.75) is 55.3 Å². The summed E-state index contributed by atoms with van der Waals surface area (Å²) in [6.07, 6.45) is -0.171. The normalized spacial score (nSPS) is 22.2. The van der Waals surface area contributed by atoms with Crippen molar-refractivity contribution in [1.82, 2.24) is 10.2 Å². The molecule has 3 atom stereocenters. The summed E-state index contributed by atoms with van der Waals surface area (Å²) >= 11 is 1.36. The van der Waals surface area contributed by atoms with E-state index in [4.69, 9.17) is 19.3 Å². The minimum absolute atomic E-state index is 0.113. The van der Waals surface area contributed by atoms with Crippen LogP contribution in [0.3, 0.4) is 0 Å². The lowest BCUT2D eigenvalue weighted by Gasteiger charge is -2.43. The zero-order valence-electron chi connectivity index (χ0n) is 18.7. The standard InChI is InChI=1S/C22H26N2O9S/c1-22(2)18(21(30)33-12-32-16(28)10-6-9-15(26)27)24-19(29)17(20(24)34-22)23-14(25)11-31-13-7-4-3-5-8-13/h3-5,7-8,17-18,20H,6,9-12H2,1-2H3,(H,23,25)(H,26,27)/t17-,18+,20-/m1/s1. The summed E-state index contributed by atoms with van der Waals surface area (Å²) in [7, 11) is 0. The average molecular weight is 495 g/mol. The molecule has 2 fully saturated rings. The number of nitrogens with one attached hydrogen (secondary N) is 1. The van der Waals surface area contributed by atoms with Gasteiger partial charge in [0.1, 0.15) is 23.2 Å². The molecule has 11 nitrogen and oxygen atoms in total. The number of carbonyl (C=O) groups excluding carboxylic acids is 4. The van der Waals surface area contributed by atoms with E-state index in [2.05, 4.69) is 5.32 Å². The molecule has 2 aliphatic heterocycles. The number of thioether (sulfide) groups is 1. The molecule has 2 aliphatic rings. The molecule has 2 heterocycles. The maximum absolute atomic E-state index is 12.7. The van der Waals surface area contributed by atoms with Gasteiger partial charge in [-0.3, -0.25) is 19.2 Å². The molecule has 2 amide bonds. The fourth-order valence-corrected chi connectivity index (χ4v) is 5.32. The number of benzene rings is 1. The van der Waals surface area contributed by atoms with Gasteiger partial charge in [-0.1, -0.05) is 18.2 Å². The van der Waals surface area contributed by atoms with Crippen molar-refractivity contribution in [2.24, 2.45) is 0 Å². The topological polar surface area (TPSA) is 149 Å². The second kappa shape index (κ2) is 10.8. The SMILES string of the molecule is CC1(C)S[C@@H]2[C@H](NC(=O)COc3ccccc3)C(=O)N2[C@H]1C(=O)OCOC(=O)CCCC(=O)O. The van der Waals surface area contributed by atoms with Crippen LogP contribution in [-0.2, 0) is 33.4 Å². The Bertz CT molecular complexity index is 953. The molecule has 0 aromatic heterocycles. The third kappa shape index (κ3) is 5.99. The molecule has 0 spiro atoms. The van der Waals surface area contributed by atoms with E-state index < -0.39 is 58.7 Å². The molecule has 0 aliphatic carbocycles. The van der Waals surface area contributed by atoms with Gasteiger partial charge in [0.25, 0.3) is 5.91 Å². The Labute approximate surface area is 200 Å². The number of carboxylic acids is 1. The molecule has 3 rings (SSSR count). The van der Waals surface area contributed by atoms with Crippen molar-refractivity contribution in [3.8, 4) is 5.75 Å². The molecule has 2 N–H and O–H groups in total. The number of carbonyl (C=O) groups is 5. The maximum Gasteiger partial charge on any atom is 0.333 e. The predicted molar refractivity (Wildman–Crippen MR) is 118 cm³/mol. The first-order chi connectivity index (χ1) is 16.1. The minimum Gasteiger partial charge on any atom is -0.484 e. The van der Waals surface area contributed by atoms with Gasteiger partial charge < -0.3 is 29.5 Å². The Balaban J connectivity index is 1.47. The number of esters is 2. The van der Waals surface area contributed by atoms with E-state index in [1.54, 1.807) is 38.1 Å². The summed E-state index contributed by atoms with van der Waals surface area (Å²) < 4.78 is 14.6. The first-order valence-corrected chi connectivity index (χ1v) is 11.5. The van der Waals surface area contributed by atoms with Gasteiger partial charge in [0.15, 0.2) is 6.61 Å². The van der Waals surface area contributed by atoms with Crippen LogP contribution in [0.5, 0.6) is 5.75 Å². The number of aliphatic carboxylic acids is 1. The molecule has 184 valence electrons. The molecule has 1 aromatic rings. The third-order valence-corrected chi connectivity index (χ3v) is 6.86. The fourth-order valence-electron chi connectivity index (χ4n) is 3.70. The quantitative estimate of drug-likeness (QED) is 0.258. The van der Waals surface area contributed by atoms with Gasteiger partial charge in [-0.2, -0.15) is 0 Å². The van der Waals surface area contributed by atoms with Gasteiger partial charge in [-0.25, -0.2) is 4.79 Å². The Morgan fingerprint density at radius 2 is 1.82 bits per heavy atom. The molecule has 0 radical (unpaired) electrons. The van der Waals surface area contributed by atoms with Crippen molar-refractivity contribution in [2.75, 3.05) is 13.4 Å². The Hall–Kier alpha value is -3.28. The van der Waals surface area contributed by atoms with Gasteiger partial charge in [0.05, 0.1) is 0 Å². The number of amides is 2. The van der Waals surface area contributed by atoms with E-state index in [-0.39, 0.29) is 25.9 Å². The molecular weight excluding hydrogens is 468 g/mol. The molecule has 1 aromatic carbocycles. The Morgan fingerprint density at radius 1 is 1.12 bits per heavy atom. The second-order valence-corrected chi connectivity index (χ2v) is 10.0. The van der Waals surface area contributed by atoms with E-state index in [0.29, 0.717) is 5.75 Å². The van der Waals surface area contributed by atoms with Crippen LogP contribution in [0.25, 0.3) is 0 Å². The second-order valence-electron chi connectivity index (χ2n) is 8.25. The summed E-state index contributed by atoms with van der Waals surface area (Å²) in [4.78, 5) is 61.1. The van der Waals surface area contributed by atoms with Crippen LogP contribution in [-0.4, -0.2) is 75.3 Å². The smallest absolute Gasteiger partial charge is 0.333 e. The van der Waals surface area contributed by atoms with E-state index in [0.717, 1.165) is 0 Å². The number of hydrogen-bond donors (Lipinski definition) is 2. The van der Waals surface area contributed by atoms with Gasteiger partial charge in [0.2, 0.25) is 12.7 Å². The lowest BCUT2D eigenvalue weighted by atomic mass is 9.96. The number of rotatable bonds is 11. The van der Waals surface area contributed by atoms with Gasteiger partial charge >= 0.3 is 17.9 Å². The lowest BCUT2D eigenvalue weighted by Crippen LogP contribution is -2.71. The Morgan fingerprint density at radius 3 is 2.50 bits per heavy atom. The first kappa shape index (κ1) is 25.3. The molecular formula is C22H26N2O9S. The van der Waals surface area contributed by atoms with Gasteiger partial charge in [-0.15, -0.1) is 11.8 Å². The fraction of sp³-hybridized carbons (Fsp3) is 0.500. The van der Waals surface area contributed by atoms with Crippen molar-refractivity contribution < 1.29 is 43.3 Å². The number of fused-ring (bicyclic) bond motifs is 1. The molecule has 0 bridgehead atoms. The molecule has 2 saturated heterocycles. The molecule has 0 saturated carbocycles. The van der Waals surface area contributed by atoms with Crippen molar-refractivity contribution in [3.63, 3.8) is 0 Å². The van der Waals surface area contributed by atoms with Crippen LogP contribution >= 0.6 is 11.8 Å². The van der Waals surface area contributed by atoms with Crippen LogP contribution in [0.4, 0.5) is 0 Å². The number of ether oxygens (including phenoxy) is 3. The zero-order valence-corrected chi connectivity index (χ0v) is 19.5. The van der Waals surface area contributed by atoms with Crippen LogP contribution in [0.15, 0.2) is 30.3 Å². The highest BCUT2D eigenvalue weighted by molar-refractivity contribution is 8.01. The van der Waals surface area contributed by atoms with E-state index in [1.165, 1.54) is 16.7 Å². The zero-order chi connectivity index (χ0) is 24.9. The minimum atomic E-state index is -1.02. The number of hydrogen-bond acceptors (Lipinski definition) is 9. The lowest BCUT2D eigenvalue weighted by molar-refractivity contribution is -0.176. The summed E-state index contributed by atoms with van der Waals surface area (Å²) in [5.41, 5.74) is 0. The highest BCUT2D eigenvalue weighted by Crippen LogP contribution is 2.51. The van der Waals surface area contributed by atoms with Crippen molar-refractivity contribution in [1.29, 1.82) is 0 Å². The predicted octanol–water partition coefficient (Wildman–Crippen LogP) is 0.911. The molecule has 34 heavy (non-hydrogen) atoms. The van der Waals surface area contributed by atoms with E-state index in [1.807, 2.05) is 6.07 Å². The third-order valence-electron chi connectivity index (χ3n) is 5.29. The van der Waals surface area contributed by atoms with Gasteiger partial charge in [-0.05, 0) is 32.4 Å². The van der Waals surface area contributed by atoms with Crippen molar-refractivity contribution in [3.05, 3.63) is 30.3 Å². The molecule has 12 heteroatoms. The maximum atomic E-state index is 12.7. The largest absolute Gasteiger partial charge is 0.484 e. The van der Waals surface area contributed by atoms with Crippen LogP contribution in [0.1, 0.15) is 33.1 Å². The van der Waals surface area contributed by atoms with E-state index in [9.17, 15) is 24.0 Å². The summed E-state index contributed by atoms with van der Waals surface area (Å²) in [5.74, 6) is -2.78. The number of carboxylic acid groups (broad SMARTS) is 1. The Kier molecular flexibility index (Phi) is 8.02. The molecule has 0 unspecified atom stereocenters. The monoisotopic (exact) mass is 494 g/mol. The highest BCUT2D eigenvalue weighted by atomic mass is 32.2.